The molecule has 1 N–H and O–H groups in total. The number of nitrogens with one attached hydrogen (secondary N) is 1. The zero-order valence-electron chi connectivity index (χ0n) is 17.6. The third kappa shape index (κ3) is 4.75. The summed E-state index contributed by atoms with van der Waals surface area (Å²) in [5.41, 5.74) is 2.08. The average molecular weight is 481 g/mol. The first kappa shape index (κ1) is 21.6. The largest absolute Gasteiger partial charge is 0.322 e. The highest BCUT2D eigenvalue weighted by molar-refractivity contribution is 7.19. The fourth-order valence-electron chi connectivity index (χ4n) is 3.73. The number of amides is 2. The second-order valence-electron chi connectivity index (χ2n) is 7.73. The van der Waals surface area contributed by atoms with Gasteiger partial charge in [-0.3, -0.25) is 9.69 Å². The summed E-state index contributed by atoms with van der Waals surface area (Å²) in [4.78, 5) is 34.4. The van der Waals surface area contributed by atoms with Crippen LogP contribution in [-0.4, -0.2) is 56.6 Å². The Hall–Kier alpha value is -3.27. The molecule has 1 aliphatic rings. The van der Waals surface area contributed by atoms with Crippen molar-refractivity contribution in [2.24, 2.45) is 0 Å². The van der Waals surface area contributed by atoms with Gasteiger partial charge in [-0.05, 0) is 12.1 Å². The summed E-state index contributed by atoms with van der Waals surface area (Å²) in [6, 6.07) is 18.3. The minimum atomic E-state index is -0.189. The minimum Gasteiger partial charge on any atom is -0.322 e. The number of urea groups is 1. The molecule has 2 amide bonds. The number of rotatable bonds is 4. The molecule has 0 bridgehead atoms. The number of fused-ring (bicyclic) bond motifs is 1. The van der Waals surface area contributed by atoms with Crippen molar-refractivity contribution in [3.63, 3.8) is 0 Å². The van der Waals surface area contributed by atoms with Crippen LogP contribution in [-0.2, 0) is 6.54 Å². The Bertz CT molecular complexity index is 1350. The highest BCUT2D eigenvalue weighted by Gasteiger charge is 2.22. The fourth-order valence-corrected chi connectivity index (χ4v) is 4.84. The van der Waals surface area contributed by atoms with Crippen LogP contribution in [0.15, 0.2) is 65.5 Å². The SMILES string of the molecule is O=C(Nc1ccccc1Cl)N1CCN(Cc2cc(=O)n3nc(-c4ccccc4)sc3n2)CC1. The summed E-state index contributed by atoms with van der Waals surface area (Å²) < 4.78 is 1.35. The van der Waals surface area contributed by atoms with Gasteiger partial charge >= 0.3 is 6.03 Å². The van der Waals surface area contributed by atoms with Crippen LogP contribution in [0.3, 0.4) is 0 Å². The van der Waals surface area contributed by atoms with E-state index in [-0.39, 0.29) is 11.6 Å². The van der Waals surface area contributed by atoms with Crippen LogP contribution in [0.4, 0.5) is 10.5 Å². The number of carbonyl (C=O) groups is 1. The molecule has 5 rings (SSSR count). The number of anilines is 1. The van der Waals surface area contributed by atoms with Gasteiger partial charge in [0.15, 0.2) is 0 Å². The van der Waals surface area contributed by atoms with Crippen molar-refractivity contribution in [1.29, 1.82) is 0 Å². The number of hydrogen-bond acceptors (Lipinski definition) is 6. The van der Waals surface area contributed by atoms with Gasteiger partial charge in [-0.1, -0.05) is 65.4 Å². The minimum absolute atomic E-state index is 0.168. The van der Waals surface area contributed by atoms with Gasteiger partial charge in [0.25, 0.3) is 5.56 Å². The molecule has 1 fully saturated rings. The molecule has 2 aromatic carbocycles. The van der Waals surface area contributed by atoms with Crippen LogP contribution < -0.4 is 10.9 Å². The summed E-state index contributed by atoms with van der Waals surface area (Å²) in [5.74, 6) is 0. The van der Waals surface area contributed by atoms with Crippen molar-refractivity contribution in [1.82, 2.24) is 24.4 Å². The molecule has 2 aromatic heterocycles. The number of halogens is 1. The first-order valence-corrected chi connectivity index (χ1v) is 11.7. The molecule has 1 aliphatic heterocycles. The summed E-state index contributed by atoms with van der Waals surface area (Å²) >= 11 is 7.53. The van der Waals surface area contributed by atoms with Crippen LogP contribution in [0, 0.1) is 0 Å². The summed E-state index contributed by atoms with van der Waals surface area (Å²) in [6.45, 7) is 3.08. The molecule has 0 atom stereocenters. The van der Waals surface area contributed by atoms with Crippen molar-refractivity contribution in [3.05, 3.63) is 81.7 Å². The Morgan fingerprint density at radius 1 is 1.03 bits per heavy atom. The summed E-state index contributed by atoms with van der Waals surface area (Å²) in [7, 11) is 0. The zero-order chi connectivity index (χ0) is 22.8. The highest BCUT2D eigenvalue weighted by atomic mass is 35.5. The van der Waals surface area contributed by atoms with Gasteiger partial charge < -0.3 is 10.2 Å². The number of carbonyl (C=O) groups excluding carboxylic acids is 1. The zero-order valence-corrected chi connectivity index (χ0v) is 19.2. The van der Waals surface area contributed by atoms with Gasteiger partial charge in [0.05, 0.1) is 16.4 Å². The quantitative estimate of drug-likeness (QED) is 0.480. The van der Waals surface area contributed by atoms with Crippen LogP contribution in [0.25, 0.3) is 15.5 Å². The molecule has 3 heterocycles. The lowest BCUT2D eigenvalue weighted by Gasteiger charge is -2.34. The van der Waals surface area contributed by atoms with Crippen LogP contribution in [0.1, 0.15) is 5.69 Å². The van der Waals surface area contributed by atoms with Gasteiger partial charge in [0.1, 0.15) is 5.01 Å². The smallest absolute Gasteiger partial charge is 0.321 e. The lowest BCUT2D eigenvalue weighted by Crippen LogP contribution is -2.49. The lowest BCUT2D eigenvalue weighted by atomic mass is 10.2. The molecule has 33 heavy (non-hydrogen) atoms. The maximum absolute atomic E-state index is 12.6. The highest BCUT2D eigenvalue weighted by Crippen LogP contribution is 2.24. The summed E-state index contributed by atoms with van der Waals surface area (Å²) in [5, 5.41) is 8.56. The number of para-hydroxylation sites is 1. The third-order valence-electron chi connectivity index (χ3n) is 5.48. The number of hydrogen-bond donors (Lipinski definition) is 1. The molecule has 1 saturated heterocycles. The van der Waals surface area contributed by atoms with Crippen molar-refractivity contribution in [3.8, 4) is 10.6 Å². The Morgan fingerprint density at radius 2 is 1.76 bits per heavy atom. The van der Waals surface area contributed by atoms with Gasteiger partial charge in [-0.15, -0.1) is 0 Å². The van der Waals surface area contributed by atoms with E-state index in [1.54, 1.807) is 17.0 Å². The predicted octanol–water partition coefficient (Wildman–Crippen LogP) is 3.82. The molecule has 0 spiro atoms. The maximum atomic E-state index is 12.6. The van der Waals surface area contributed by atoms with Crippen LogP contribution in [0.2, 0.25) is 5.02 Å². The van der Waals surface area contributed by atoms with E-state index in [1.807, 2.05) is 42.5 Å². The van der Waals surface area contributed by atoms with Crippen molar-refractivity contribution in [2.75, 3.05) is 31.5 Å². The molecule has 10 heteroatoms. The number of benzene rings is 2. The van der Waals surface area contributed by atoms with E-state index in [1.165, 1.54) is 21.9 Å². The van der Waals surface area contributed by atoms with E-state index in [9.17, 15) is 9.59 Å². The standard InChI is InChI=1S/C23H21ClN6O2S/c24-18-8-4-5-9-19(18)26-22(32)29-12-10-28(11-13-29)15-17-14-20(31)30-23(25-17)33-21(27-30)16-6-2-1-3-7-16/h1-9,14H,10-13,15H2,(H,26,32). The number of piperazine rings is 1. The molecule has 0 unspecified atom stereocenters. The molecular formula is C23H21ClN6O2S. The molecule has 4 aromatic rings. The Kier molecular flexibility index (Phi) is 6.08. The second-order valence-corrected chi connectivity index (χ2v) is 9.09. The molecule has 0 aliphatic carbocycles. The second kappa shape index (κ2) is 9.30. The number of aromatic nitrogens is 3. The Balaban J connectivity index is 1.23. The van der Waals surface area contributed by atoms with E-state index < -0.39 is 0 Å². The third-order valence-corrected chi connectivity index (χ3v) is 6.77. The van der Waals surface area contributed by atoms with Gasteiger partial charge in [0.2, 0.25) is 4.96 Å². The van der Waals surface area contributed by atoms with Crippen molar-refractivity contribution < 1.29 is 4.79 Å². The molecule has 0 saturated carbocycles. The maximum Gasteiger partial charge on any atom is 0.321 e. The van der Waals surface area contributed by atoms with Crippen LogP contribution >= 0.6 is 22.9 Å². The average Bonchev–Trinajstić information content (AvgIpc) is 3.26. The van der Waals surface area contributed by atoms with Gasteiger partial charge in [0, 0.05) is 44.4 Å². The molecule has 168 valence electrons. The lowest BCUT2D eigenvalue weighted by molar-refractivity contribution is 0.142. The van der Waals surface area contributed by atoms with E-state index >= 15 is 0 Å². The van der Waals surface area contributed by atoms with Crippen molar-refractivity contribution >= 4 is 39.6 Å². The van der Waals surface area contributed by atoms with Gasteiger partial charge in [-0.2, -0.15) is 9.61 Å². The Morgan fingerprint density at radius 3 is 2.52 bits per heavy atom. The van der Waals surface area contributed by atoms with Gasteiger partial charge in [-0.25, -0.2) is 9.78 Å². The van der Waals surface area contributed by atoms with E-state index in [0.29, 0.717) is 54.1 Å². The normalized spacial score (nSPS) is 14.5. The summed E-state index contributed by atoms with van der Waals surface area (Å²) in [6.07, 6.45) is 0. The molecule has 8 nitrogen and oxygen atoms in total. The first-order valence-electron chi connectivity index (χ1n) is 10.5. The topological polar surface area (TPSA) is 82.8 Å². The van der Waals surface area contributed by atoms with Crippen LogP contribution in [0.5, 0.6) is 0 Å². The fraction of sp³-hybridized carbons (Fsp3) is 0.217. The van der Waals surface area contributed by atoms with E-state index in [0.717, 1.165) is 10.6 Å². The first-order chi connectivity index (χ1) is 16.1. The monoisotopic (exact) mass is 480 g/mol. The molecule has 0 radical (unpaired) electrons. The predicted molar refractivity (Wildman–Crippen MR) is 130 cm³/mol. The number of nitrogens with zero attached hydrogens (tertiary/aromatic N) is 5. The Labute approximate surface area is 199 Å². The van der Waals surface area contributed by atoms with E-state index in [2.05, 4.69) is 20.3 Å². The molecular weight excluding hydrogens is 460 g/mol. The van der Waals surface area contributed by atoms with Crippen molar-refractivity contribution in [2.45, 2.75) is 6.54 Å². The van der Waals surface area contributed by atoms with E-state index in [4.69, 9.17) is 11.6 Å².